The Morgan fingerprint density at radius 2 is 1.52 bits per heavy atom. The van der Waals surface area contributed by atoms with E-state index in [0.29, 0.717) is 0 Å². The maximum atomic E-state index is 9.40. The Kier molecular flexibility index (Phi) is 12.1. The summed E-state index contributed by atoms with van der Waals surface area (Å²) in [5, 5.41) is 3.55. The van der Waals surface area contributed by atoms with Crippen LogP contribution >= 0.6 is 5.69 Å². The molecule has 0 radical (unpaired) electrons. The third-order valence-electron chi connectivity index (χ3n) is 3.67. The van der Waals surface area contributed by atoms with Gasteiger partial charge in [0.15, 0.2) is 0 Å². The van der Waals surface area contributed by atoms with Crippen molar-refractivity contribution in [3.05, 3.63) is 59.2 Å². The zero-order valence-electron chi connectivity index (χ0n) is 15.0. The maximum absolute atomic E-state index is 9.40. The molecule has 2 aromatic carbocycles. The van der Waals surface area contributed by atoms with Gasteiger partial charge in [-0.05, 0) is 54.2 Å². The quantitative estimate of drug-likeness (QED) is 0.409. The Hall–Kier alpha value is -0.217. The summed E-state index contributed by atoms with van der Waals surface area (Å²) in [6, 6.07) is 14.9. The van der Waals surface area contributed by atoms with Crippen LogP contribution in [0.2, 0.25) is 0 Å². The van der Waals surface area contributed by atoms with Crippen molar-refractivity contribution in [1.29, 1.82) is 0 Å². The zero-order valence-corrected chi connectivity index (χ0v) is 20.5. The summed E-state index contributed by atoms with van der Waals surface area (Å²) >= 11 is 7.50. The van der Waals surface area contributed by atoms with E-state index < -0.39 is 5.69 Å². The fraction of sp³-hybridized carbons (Fsp3) is 0.333. The molecule has 0 aliphatic carbocycles. The van der Waals surface area contributed by atoms with Gasteiger partial charge in [0.25, 0.3) is 0 Å². The van der Waals surface area contributed by atoms with Crippen molar-refractivity contribution in [2.24, 2.45) is 0 Å². The summed E-state index contributed by atoms with van der Waals surface area (Å²) in [6.45, 7) is 6.72. The van der Waals surface area contributed by atoms with Crippen LogP contribution in [-0.4, -0.2) is 4.89 Å². The zero-order chi connectivity index (χ0) is 18.2. The molecule has 2 rings (SSSR count). The minimum Gasteiger partial charge on any atom is -0.819 e. The van der Waals surface area contributed by atoms with E-state index in [4.69, 9.17) is 4.89 Å². The van der Waals surface area contributed by atoms with Crippen LogP contribution in [0, 0.1) is 0 Å². The van der Waals surface area contributed by atoms with E-state index in [2.05, 4.69) is 86.5 Å². The number of aryl methyl sites for hydroxylation is 1. The van der Waals surface area contributed by atoms with Crippen LogP contribution in [0.25, 0.3) is 0 Å². The first-order valence-corrected chi connectivity index (χ1v) is 11.7. The second-order valence-corrected chi connectivity index (χ2v) is 9.85. The van der Waals surface area contributed by atoms with Gasteiger partial charge in [0.1, 0.15) is 0 Å². The van der Waals surface area contributed by atoms with Crippen LogP contribution in [0.5, 0.6) is 0 Å². The Morgan fingerprint density at radius 3 is 1.96 bits per heavy atom. The van der Waals surface area contributed by atoms with Crippen molar-refractivity contribution in [3.63, 3.8) is 0 Å². The summed E-state index contributed by atoms with van der Waals surface area (Å²) in [5.74, 6) is 0. The van der Waals surface area contributed by atoms with Gasteiger partial charge in [0, 0.05) is 11.4 Å². The number of benzene rings is 2. The first kappa shape index (κ1) is 24.8. The van der Waals surface area contributed by atoms with Crippen LogP contribution in [0.15, 0.2) is 42.5 Å². The van der Waals surface area contributed by atoms with Crippen LogP contribution in [0.1, 0.15) is 37.5 Å². The molecule has 25 heavy (non-hydrogen) atoms. The van der Waals surface area contributed by atoms with Crippen LogP contribution in [0.3, 0.4) is 0 Å². The largest absolute Gasteiger partial charge is 2.00 e. The monoisotopic (exact) mass is 445 g/mol. The number of para-hydroxylation sites is 1. The third kappa shape index (κ3) is 9.33. The van der Waals surface area contributed by atoms with E-state index in [0.717, 1.165) is 24.9 Å². The van der Waals surface area contributed by atoms with Gasteiger partial charge in [-0.2, -0.15) is 0 Å². The van der Waals surface area contributed by atoms with E-state index in [-0.39, 0.29) is 19.5 Å². The van der Waals surface area contributed by atoms with Crippen molar-refractivity contribution in [2.45, 2.75) is 40.0 Å². The maximum Gasteiger partial charge on any atom is 2.00 e. The molecule has 0 saturated heterocycles. The van der Waals surface area contributed by atoms with Crippen molar-refractivity contribution in [1.82, 2.24) is 0 Å². The van der Waals surface area contributed by atoms with Gasteiger partial charge < -0.3 is 27.4 Å². The molecule has 0 aromatic heterocycles. The normalized spacial score (nSPS) is 12.2. The molecule has 0 aliphatic rings. The van der Waals surface area contributed by atoms with Crippen molar-refractivity contribution in [2.75, 3.05) is 5.32 Å². The molecule has 0 amide bonds. The fourth-order valence-electron chi connectivity index (χ4n) is 2.71. The molecule has 2 aromatic rings. The molecule has 0 fully saturated rings. The Bertz CT molecular complexity index is 685. The SMILES string of the molecule is CCc1ccc(Nc2ccccc2)c(CC)c1CC.[O-]P(O)(=S)[S-].[Zn+2]. The molecular weight excluding hydrogens is 423 g/mol. The first-order valence-electron chi connectivity index (χ1n) is 8.00. The molecule has 0 aliphatic heterocycles. The minimum atomic E-state index is -3.47. The van der Waals surface area contributed by atoms with Gasteiger partial charge >= 0.3 is 19.5 Å². The molecule has 132 valence electrons. The second-order valence-electron chi connectivity index (χ2n) is 5.25. The Labute approximate surface area is 174 Å². The average Bonchev–Trinajstić information content (AvgIpc) is 2.53. The molecule has 0 bridgehead atoms. The summed E-state index contributed by atoms with van der Waals surface area (Å²) in [4.78, 5) is 17.1. The van der Waals surface area contributed by atoms with E-state index in [1.807, 2.05) is 6.07 Å². The Balaban J connectivity index is 0.000000848. The summed E-state index contributed by atoms with van der Waals surface area (Å²) < 4.78 is 0. The molecular formula is C18H24NO2PS2Zn. The number of anilines is 2. The topological polar surface area (TPSA) is 55.3 Å². The van der Waals surface area contributed by atoms with E-state index in [1.165, 1.54) is 22.4 Å². The molecule has 1 unspecified atom stereocenters. The molecule has 0 saturated carbocycles. The molecule has 0 heterocycles. The van der Waals surface area contributed by atoms with Crippen LogP contribution in [0.4, 0.5) is 11.4 Å². The van der Waals surface area contributed by atoms with E-state index >= 15 is 0 Å². The molecule has 0 spiro atoms. The average molecular weight is 447 g/mol. The first-order chi connectivity index (χ1) is 11.3. The fourth-order valence-corrected chi connectivity index (χ4v) is 2.71. The van der Waals surface area contributed by atoms with Gasteiger partial charge in [0.05, 0.1) is 0 Å². The second kappa shape index (κ2) is 12.2. The van der Waals surface area contributed by atoms with Gasteiger partial charge in [-0.15, -0.1) is 17.5 Å². The summed E-state index contributed by atoms with van der Waals surface area (Å²) in [5.41, 5.74) is 3.40. The van der Waals surface area contributed by atoms with E-state index in [1.54, 1.807) is 0 Å². The van der Waals surface area contributed by atoms with Crippen molar-refractivity contribution in [3.8, 4) is 0 Å². The molecule has 2 N–H and O–H groups in total. The Morgan fingerprint density at radius 1 is 1.00 bits per heavy atom. The van der Waals surface area contributed by atoms with Gasteiger partial charge in [-0.25, -0.2) is 0 Å². The van der Waals surface area contributed by atoms with Gasteiger partial charge in [0.2, 0.25) is 0 Å². The predicted molar refractivity (Wildman–Crippen MR) is 108 cm³/mol. The molecule has 7 heteroatoms. The smallest absolute Gasteiger partial charge is 0.819 e. The van der Waals surface area contributed by atoms with Crippen LogP contribution < -0.4 is 10.2 Å². The third-order valence-corrected chi connectivity index (χ3v) is 3.67. The number of nitrogens with one attached hydrogen (secondary N) is 1. The van der Waals surface area contributed by atoms with Crippen LogP contribution in [-0.2, 0) is 62.8 Å². The molecule has 3 nitrogen and oxygen atoms in total. The van der Waals surface area contributed by atoms with Gasteiger partial charge in [-0.1, -0.05) is 45.0 Å². The summed E-state index contributed by atoms with van der Waals surface area (Å²) in [7, 11) is 0. The van der Waals surface area contributed by atoms with E-state index in [9.17, 15) is 4.89 Å². The summed E-state index contributed by atoms with van der Waals surface area (Å²) in [6.07, 6.45) is 3.30. The number of hydrogen-bond donors (Lipinski definition) is 2. The number of rotatable bonds is 5. The number of hydrogen-bond acceptors (Lipinski definition) is 4. The standard InChI is InChI=1S/C18H23N.H3O2PS2.Zn/c1-4-14-12-13-18(17(6-3)16(14)5-2)19-15-10-8-7-9-11-15;1-3(2,4)5;/h7-13,19H,4-6H2,1-3H3;(H3,1,2,4,5);/q;;+2/p-2. The molecule has 1 atom stereocenters. The van der Waals surface area contributed by atoms with Crippen molar-refractivity contribution < 1.29 is 29.3 Å². The van der Waals surface area contributed by atoms with Crippen molar-refractivity contribution >= 4 is 41.1 Å². The van der Waals surface area contributed by atoms with Gasteiger partial charge in [-0.3, -0.25) is 0 Å². The minimum absolute atomic E-state index is 0. The predicted octanol–water partition coefficient (Wildman–Crippen LogP) is 4.23.